The number of aryl methyl sites for hydroxylation is 1. The Bertz CT molecular complexity index is 566. The van der Waals surface area contributed by atoms with Crippen LogP contribution in [-0.2, 0) is 16.1 Å². The number of furan rings is 1. The summed E-state index contributed by atoms with van der Waals surface area (Å²) in [4.78, 5) is 17.4. The summed E-state index contributed by atoms with van der Waals surface area (Å²) in [6.45, 7) is 8.33. The van der Waals surface area contributed by atoms with Crippen molar-refractivity contribution in [2.45, 2.75) is 45.2 Å². The van der Waals surface area contributed by atoms with E-state index in [1.54, 1.807) is 7.11 Å². The molecule has 0 spiro atoms. The van der Waals surface area contributed by atoms with Crippen LogP contribution >= 0.6 is 0 Å². The number of likely N-dealkylation sites (tertiary alicyclic amines) is 2. The fourth-order valence-corrected chi connectivity index (χ4v) is 4.21. The second-order valence-electron chi connectivity index (χ2n) is 7.64. The molecule has 6 heteroatoms. The van der Waals surface area contributed by atoms with Crippen molar-refractivity contribution in [3.05, 3.63) is 23.7 Å². The van der Waals surface area contributed by atoms with Gasteiger partial charge in [-0.05, 0) is 51.3 Å². The van der Waals surface area contributed by atoms with Crippen molar-refractivity contribution in [2.75, 3.05) is 46.4 Å². The molecule has 0 saturated carbocycles. The van der Waals surface area contributed by atoms with Crippen molar-refractivity contribution in [1.29, 1.82) is 0 Å². The first-order valence-electron chi connectivity index (χ1n) is 9.94. The van der Waals surface area contributed by atoms with E-state index in [-0.39, 0.29) is 11.8 Å². The van der Waals surface area contributed by atoms with E-state index in [1.165, 1.54) is 12.8 Å². The molecule has 0 bridgehead atoms. The van der Waals surface area contributed by atoms with Crippen molar-refractivity contribution < 1.29 is 13.9 Å². The third kappa shape index (κ3) is 5.32. The van der Waals surface area contributed by atoms with Crippen LogP contribution in [0.3, 0.4) is 0 Å². The Labute approximate surface area is 156 Å². The third-order valence-corrected chi connectivity index (χ3v) is 5.68. The number of hydrogen-bond acceptors (Lipinski definition) is 5. The minimum atomic E-state index is 0.129. The first kappa shape index (κ1) is 19.4. The molecule has 1 atom stereocenters. The van der Waals surface area contributed by atoms with Gasteiger partial charge in [0.2, 0.25) is 5.91 Å². The van der Waals surface area contributed by atoms with Crippen LogP contribution in [0.4, 0.5) is 0 Å². The molecule has 0 radical (unpaired) electrons. The molecule has 0 aliphatic carbocycles. The lowest BCUT2D eigenvalue weighted by molar-refractivity contribution is -0.127. The number of methoxy groups -OCH3 is 1. The Morgan fingerprint density at radius 3 is 2.77 bits per heavy atom. The number of piperidine rings is 2. The quantitative estimate of drug-likeness (QED) is 0.751. The van der Waals surface area contributed by atoms with Crippen LogP contribution in [0.2, 0.25) is 0 Å². The normalized spacial score (nSPS) is 23.2. The van der Waals surface area contributed by atoms with Crippen LogP contribution in [-0.4, -0.2) is 68.2 Å². The number of amides is 1. The topological polar surface area (TPSA) is 58.0 Å². The van der Waals surface area contributed by atoms with Gasteiger partial charge >= 0.3 is 0 Å². The number of carbonyl (C=O) groups is 1. The van der Waals surface area contributed by atoms with Crippen molar-refractivity contribution >= 4 is 5.91 Å². The molecule has 1 amide bonds. The predicted octanol–water partition coefficient (Wildman–Crippen LogP) is 2.03. The van der Waals surface area contributed by atoms with Crippen molar-refractivity contribution in [3.63, 3.8) is 0 Å². The van der Waals surface area contributed by atoms with Crippen molar-refractivity contribution in [1.82, 2.24) is 15.1 Å². The van der Waals surface area contributed by atoms with E-state index in [9.17, 15) is 4.79 Å². The Hall–Kier alpha value is -1.37. The zero-order valence-electron chi connectivity index (χ0n) is 16.2. The zero-order valence-corrected chi connectivity index (χ0v) is 16.2. The molecule has 0 unspecified atom stereocenters. The Balaban J connectivity index is 1.42. The molecule has 2 fully saturated rings. The molecule has 1 aromatic rings. The minimum absolute atomic E-state index is 0.129. The summed E-state index contributed by atoms with van der Waals surface area (Å²) in [5.74, 6) is 2.37. The first-order chi connectivity index (χ1) is 12.7. The van der Waals surface area contributed by atoms with Gasteiger partial charge in [-0.25, -0.2) is 0 Å². The number of nitrogens with one attached hydrogen (secondary N) is 1. The van der Waals surface area contributed by atoms with E-state index in [4.69, 9.17) is 9.15 Å². The predicted molar refractivity (Wildman–Crippen MR) is 101 cm³/mol. The van der Waals surface area contributed by atoms with E-state index in [0.29, 0.717) is 19.2 Å². The van der Waals surface area contributed by atoms with E-state index in [0.717, 1.165) is 57.1 Å². The van der Waals surface area contributed by atoms with Crippen LogP contribution in [0.1, 0.15) is 37.2 Å². The third-order valence-electron chi connectivity index (χ3n) is 5.68. The maximum absolute atomic E-state index is 12.3. The highest BCUT2D eigenvalue weighted by molar-refractivity contribution is 5.78. The fourth-order valence-electron chi connectivity index (χ4n) is 4.21. The molecule has 6 nitrogen and oxygen atoms in total. The first-order valence-corrected chi connectivity index (χ1v) is 9.94. The van der Waals surface area contributed by atoms with E-state index in [1.807, 2.05) is 13.0 Å². The number of rotatable bonds is 7. The van der Waals surface area contributed by atoms with Gasteiger partial charge in [0.1, 0.15) is 11.5 Å². The van der Waals surface area contributed by atoms with Gasteiger partial charge in [0.05, 0.1) is 19.1 Å². The summed E-state index contributed by atoms with van der Waals surface area (Å²) in [6, 6.07) is 4.73. The molecule has 26 heavy (non-hydrogen) atoms. The summed E-state index contributed by atoms with van der Waals surface area (Å²) in [5, 5.41) is 3.00. The number of nitrogens with zero attached hydrogens (tertiary/aromatic N) is 2. The Morgan fingerprint density at radius 2 is 2.08 bits per heavy atom. The molecule has 0 aromatic carbocycles. The zero-order chi connectivity index (χ0) is 18.4. The van der Waals surface area contributed by atoms with Gasteiger partial charge in [0.15, 0.2) is 0 Å². The van der Waals surface area contributed by atoms with Gasteiger partial charge in [0.25, 0.3) is 0 Å². The molecule has 2 saturated heterocycles. The SMILES string of the molecule is COCCNC(=O)[C@H]1CCCN(C2CCN(Cc3ccc(C)o3)CC2)C1. The van der Waals surface area contributed by atoms with Crippen LogP contribution in [0, 0.1) is 12.8 Å². The average Bonchev–Trinajstić information content (AvgIpc) is 3.07. The minimum Gasteiger partial charge on any atom is -0.465 e. The Kier molecular flexibility index (Phi) is 7.11. The molecule has 2 aliphatic heterocycles. The highest BCUT2D eigenvalue weighted by atomic mass is 16.5. The largest absolute Gasteiger partial charge is 0.465 e. The van der Waals surface area contributed by atoms with Gasteiger partial charge < -0.3 is 14.5 Å². The standard InChI is InChI=1S/C20H33N3O3/c1-16-5-6-19(26-16)15-22-11-7-18(8-12-22)23-10-3-4-17(14-23)20(24)21-9-13-25-2/h5-6,17-18H,3-4,7-15H2,1-2H3,(H,21,24)/t17-/m0/s1. The Morgan fingerprint density at radius 1 is 1.27 bits per heavy atom. The molecular formula is C20H33N3O3. The molecule has 1 aromatic heterocycles. The van der Waals surface area contributed by atoms with E-state index in [2.05, 4.69) is 21.2 Å². The van der Waals surface area contributed by atoms with Gasteiger partial charge in [-0.15, -0.1) is 0 Å². The monoisotopic (exact) mass is 363 g/mol. The average molecular weight is 364 g/mol. The second-order valence-corrected chi connectivity index (χ2v) is 7.64. The van der Waals surface area contributed by atoms with Crippen LogP contribution in [0.5, 0.6) is 0 Å². The maximum atomic E-state index is 12.3. The maximum Gasteiger partial charge on any atom is 0.224 e. The molecule has 3 heterocycles. The highest BCUT2D eigenvalue weighted by Crippen LogP contribution is 2.25. The molecule has 146 valence electrons. The lowest BCUT2D eigenvalue weighted by Crippen LogP contribution is -2.50. The second kappa shape index (κ2) is 9.53. The summed E-state index contributed by atoms with van der Waals surface area (Å²) in [7, 11) is 1.66. The number of carbonyl (C=O) groups excluding carboxylic acids is 1. The highest BCUT2D eigenvalue weighted by Gasteiger charge is 2.31. The molecule has 3 rings (SSSR count). The van der Waals surface area contributed by atoms with Crippen LogP contribution in [0.15, 0.2) is 16.5 Å². The molecular weight excluding hydrogens is 330 g/mol. The summed E-state index contributed by atoms with van der Waals surface area (Å²) >= 11 is 0. The summed E-state index contributed by atoms with van der Waals surface area (Å²) in [6.07, 6.45) is 4.48. The van der Waals surface area contributed by atoms with E-state index >= 15 is 0 Å². The van der Waals surface area contributed by atoms with Crippen LogP contribution < -0.4 is 5.32 Å². The van der Waals surface area contributed by atoms with Gasteiger partial charge in [0, 0.05) is 39.3 Å². The van der Waals surface area contributed by atoms with Crippen molar-refractivity contribution in [2.24, 2.45) is 5.92 Å². The van der Waals surface area contributed by atoms with Crippen molar-refractivity contribution in [3.8, 4) is 0 Å². The fraction of sp³-hybridized carbons (Fsp3) is 0.750. The molecule has 2 aliphatic rings. The van der Waals surface area contributed by atoms with Crippen LogP contribution in [0.25, 0.3) is 0 Å². The van der Waals surface area contributed by atoms with Gasteiger partial charge in [-0.3, -0.25) is 14.6 Å². The lowest BCUT2D eigenvalue weighted by Gasteiger charge is -2.41. The van der Waals surface area contributed by atoms with E-state index < -0.39 is 0 Å². The number of ether oxygens (including phenoxy) is 1. The smallest absolute Gasteiger partial charge is 0.224 e. The summed E-state index contributed by atoms with van der Waals surface area (Å²) < 4.78 is 10.7. The number of hydrogen-bond donors (Lipinski definition) is 1. The summed E-state index contributed by atoms with van der Waals surface area (Å²) in [5.41, 5.74) is 0. The lowest BCUT2D eigenvalue weighted by atomic mass is 9.93. The molecule has 1 N–H and O–H groups in total. The van der Waals surface area contributed by atoms with Gasteiger partial charge in [-0.1, -0.05) is 0 Å². The van der Waals surface area contributed by atoms with Gasteiger partial charge in [-0.2, -0.15) is 0 Å².